The second-order valence-corrected chi connectivity index (χ2v) is 7.24. The molecular weight excluding hydrogens is 350 g/mol. The molecular formula is C18H21N5O2S. The van der Waals surface area contributed by atoms with Crippen molar-refractivity contribution in [2.75, 3.05) is 44.2 Å². The summed E-state index contributed by atoms with van der Waals surface area (Å²) in [5.74, 6) is 0.911. The van der Waals surface area contributed by atoms with E-state index >= 15 is 0 Å². The number of rotatable bonds is 5. The number of aromatic nitrogens is 3. The number of fused-ring (bicyclic) bond motifs is 1. The Kier molecular flexibility index (Phi) is 4.85. The Balaban J connectivity index is 1.32. The Labute approximate surface area is 155 Å². The van der Waals surface area contributed by atoms with Crippen LogP contribution >= 0.6 is 11.3 Å². The third-order valence-corrected chi connectivity index (χ3v) is 5.39. The first-order chi connectivity index (χ1) is 12.7. The van der Waals surface area contributed by atoms with Gasteiger partial charge in [0.05, 0.1) is 0 Å². The van der Waals surface area contributed by atoms with E-state index < -0.39 is 0 Å². The Morgan fingerprint density at radius 1 is 1.15 bits per heavy atom. The van der Waals surface area contributed by atoms with Gasteiger partial charge in [0, 0.05) is 44.5 Å². The third-order valence-electron chi connectivity index (χ3n) is 4.42. The van der Waals surface area contributed by atoms with Crippen LogP contribution in [-0.2, 0) is 0 Å². The van der Waals surface area contributed by atoms with Gasteiger partial charge >= 0.3 is 0 Å². The first-order valence-corrected chi connectivity index (χ1v) is 9.53. The minimum atomic E-state index is -0.119. The number of aryl methyl sites for hydroxylation is 1. The van der Waals surface area contributed by atoms with Crippen LogP contribution in [0.4, 0.5) is 5.13 Å². The lowest BCUT2D eigenvalue weighted by Crippen LogP contribution is -2.47. The van der Waals surface area contributed by atoms with Gasteiger partial charge in [0.15, 0.2) is 0 Å². The molecule has 7 nitrogen and oxygen atoms in total. The van der Waals surface area contributed by atoms with Crippen molar-refractivity contribution in [3.8, 4) is 5.75 Å². The lowest BCUT2D eigenvalue weighted by molar-refractivity contribution is 0.200. The van der Waals surface area contributed by atoms with Crippen LogP contribution in [0.2, 0.25) is 0 Å². The van der Waals surface area contributed by atoms with E-state index in [0.717, 1.165) is 49.3 Å². The van der Waals surface area contributed by atoms with E-state index in [1.54, 1.807) is 0 Å². The van der Waals surface area contributed by atoms with E-state index in [0.29, 0.717) is 11.6 Å². The second-order valence-electron chi connectivity index (χ2n) is 6.30. The molecule has 0 bridgehead atoms. The zero-order chi connectivity index (χ0) is 17.9. The molecule has 0 unspecified atom stereocenters. The molecule has 4 rings (SSSR count). The van der Waals surface area contributed by atoms with Gasteiger partial charge in [-0.3, -0.25) is 9.69 Å². The first-order valence-electron chi connectivity index (χ1n) is 8.72. The molecule has 136 valence electrons. The van der Waals surface area contributed by atoms with Crippen molar-refractivity contribution in [1.82, 2.24) is 19.5 Å². The van der Waals surface area contributed by atoms with Crippen molar-refractivity contribution in [1.29, 1.82) is 0 Å². The summed E-state index contributed by atoms with van der Waals surface area (Å²) in [5.41, 5.74) is 0.611. The van der Waals surface area contributed by atoms with Crippen molar-refractivity contribution >= 4 is 21.4 Å². The highest BCUT2D eigenvalue weighted by Gasteiger charge is 2.20. The number of anilines is 1. The van der Waals surface area contributed by atoms with Crippen molar-refractivity contribution in [3.63, 3.8) is 0 Å². The van der Waals surface area contributed by atoms with Gasteiger partial charge in [0.25, 0.3) is 5.56 Å². The molecule has 0 radical (unpaired) electrons. The van der Waals surface area contributed by atoms with Gasteiger partial charge < -0.3 is 9.64 Å². The molecule has 1 aliphatic heterocycles. The van der Waals surface area contributed by atoms with Crippen molar-refractivity contribution in [3.05, 3.63) is 52.4 Å². The Morgan fingerprint density at radius 3 is 2.69 bits per heavy atom. The molecule has 0 N–H and O–H groups in total. The van der Waals surface area contributed by atoms with E-state index in [9.17, 15) is 4.79 Å². The molecule has 1 saturated heterocycles. The molecule has 1 aromatic carbocycles. The zero-order valence-corrected chi connectivity index (χ0v) is 15.5. The van der Waals surface area contributed by atoms with Crippen LogP contribution in [-0.4, -0.2) is 58.8 Å². The molecule has 0 saturated carbocycles. The first kappa shape index (κ1) is 17.0. The number of para-hydroxylation sites is 1. The van der Waals surface area contributed by atoms with Gasteiger partial charge in [-0.25, -0.2) is 4.98 Å². The highest BCUT2D eigenvalue weighted by Crippen LogP contribution is 2.22. The molecule has 1 fully saturated rings. The smallest absolute Gasteiger partial charge is 0.275 e. The lowest BCUT2D eigenvalue weighted by atomic mass is 10.3. The summed E-state index contributed by atoms with van der Waals surface area (Å²) in [6.07, 6.45) is 0. The number of nitrogens with zero attached hydrogens (tertiary/aromatic N) is 5. The number of piperazine rings is 1. The number of ether oxygens (including phenoxy) is 1. The normalized spacial score (nSPS) is 15.5. The highest BCUT2D eigenvalue weighted by atomic mass is 32.1. The number of hydrogen-bond acceptors (Lipinski definition) is 7. The van der Waals surface area contributed by atoms with Gasteiger partial charge in [-0.15, -0.1) is 5.10 Å². The predicted octanol–water partition coefficient (Wildman–Crippen LogP) is 1.66. The molecule has 0 atom stereocenters. The summed E-state index contributed by atoms with van der Waals surface area (Å²) in [7, 11) is 0. The van der Waals surface area contributed by atoms with Crippen molar-refractivity contribution in [2.24, 2.45) is 0 Å². The molecule has 8 heteroatoms. The van der Waals surface area contributed by atoms with Crippen LogP contribution in [0, 0.1) is 6.92 Å². The van der Waals surface area contributed by atoms with Crippen LogP contribution in [0.25, 0.3) is 4.96 Å². The minimum absolute atomic E-state index is 0.119. The fraction of sp³-hybridized carbons (Fsp3) is 0.389. The third kappa shape index (κ3) is 3.71. The van der Waals surface area contributed by atoms with E-state index in [1.807, 2.05) is 37.3 Å². The fourth-order valence-corrected chi connectivity index (χ4v) is 4.01. The number of benzene rings is 1. The van der Waals surface area contributed by atoms with Gasteiger partial charge in [-0.1, -0.05) is 29.5 Å². The Hall–Kier alpha value is -2.45. The lowest BCUT2D eigenvalue weighted by Gasteiger charge is -2.34. The molecule has 0 amide bonds. The highest BCUT2D eigenvalue weighted by molar-refractivity contribution is 7.20. The molecule has 2 aromatic heterocycles. The molecule has 0 aliphatic carbocycles. The number of hydrogen-bond donors (Lipinski definition) is 0. The van der Waals surface area contributed by atoms with Crippen LogP contribution in [0.15, 0.2) is 41.2 Å². The van der Waals surface area contributed by atoms with Crippen LogP contribution < -0.4 is 15.2 Å². The fourth-order valence-electron chi connectivity index (χ4n) is 3.01. The van der Waals surface area contributed by atoms with E-state index in [2.05, 4.69) is 19.9 Å². The summed E-state index contributed by atoms with van der Waals surface area (Å²) in [5, 5.41) is 5.31. The Morgan fingerprint density at radius 2 is 1.92 bits per heavy atom. The summed E-state index contributed by atoms with van der Waals surface area (Å²) >= 11 is 1.47. The van der Waals surface area contributed by atoms with Crippen LogP contribution in [0.1, 0.15) is 5.69 Å². The second kappa shape index (κ2) is 7.43. The monoisotopic (exact) mass is 371 g/mol. The molecule has 0 spiro atoms. The Bertz CT molecular complexity index is 932. The summed E-state index contributed by atoms with van der Waals surface area (Å²) < 4.78 is 7.17. The maximum absolute atomic E-state index is 12.0. The quantitative estimate of drug-likeness (QED) is 0.680. The van der Waals surface area contributed by atoms with Crippen LogP contribution in [0.5, 0.6) is 5.75 Å². The SMILES string of the molecule is Cc1cc(=O)n2nc(N3CCN(CCOc4ccccc4)CC3)sc2n1. The summed E-state index contributed by atoms with van der Waals surface area (Å²) in [4.78, 5) is 21.7. The molecule has 26 heavy (non-hydrogen) atoms. The summed E-state index contributed by atoms with van der Waals surface area (Å²) in [6.45, 7) is 7.10. The largest absolute Gasteiger partial charge is 0.492 e. The topological polar surface area (TPSA) is 63.0 Å². The van der Waals surface area contributed by atoms with Crippen molar-refractivity contribution in [2.45, 2.75) is 6.92 Å². The van der Waals surface area contributed by atoms with Crippen molar-refractivity contribution < 1.29 is 4.74 Å². The zero-order valence-electron chi connectivity index (χ0n) is 14.7. The predicted molar refractivity (Wildman–Crippen MR) is 102 cm³/mol. The average Bonchev–Trinajstić information content (AvgIpc) is 3.07. The molecule has 1 aliphatic rings. The summed E-state index contributed by atoms with van der Waals surface area (Å²) in [6, 6.07) is 11.4. The average molecular weight is 371 g/mol. The van der Waals surface area contributed by atoms with Gasteiger partial charge in [0.2, 0.25) is 10.1 Å². The maximum atomic E-state index is 12.0. The van der Waals surface area contributed by atoms with E-state index in [4.69, 9.17) is 4.74 Å². The van der Waals surface area contributed by atoms with Gasteiger partial charge in [0.1, 0.15) is 12.4 Å². The van der Waals surface area contributed by atoms with Crippen LogP contribution in [0.3, 0.4) is 0 Å². The van der Waals surface area contributed by atoms with E-state index in [1.165, 1.54) is 21.9 Å². The van der Waals surface area contributed by atoms with E-state index in [-0.39, 0.29) is 5.56 Å². The molecule has 3 heterocycles. The van der Waals surface area contributed by atoms with Gasteiger partial charge in [-0.2, -0.15) is 4.52 Å². The maximum Gasteiger partial charge on any atom is 0.275 e. The van der Waals surface area contributed by atoms with Gasteiger partial charge in [-0.05, 0) is 19.1 Å². The standard InChI is InChI=1S/C18H21N5O2S/c1-14-13-16(24)23-17(19-14)26-18(20-23)22-9-7-21(8-10-22)11-12-25-15-5-3-2-4-6-15/h2-6,13H,7-12H2,1H3. The molecule has 3 aromatic rings. The minimum Gasteiger partial charge on any atom is -0.492 e.